The maximum Gasteiger partial charge on any atom is 0.433 e. The second kappa shape index (κ2) is 6.22. The van der Waals surface area contributed by atoms with Crippen molar-refractivity contribution in [3.63, 3.8) is 0 Å². The van der Waals surface area contributed by atoms with Gasteiger partial charge in [0.2, 0.25) is 0 Å². The number of amides is 1. The van der Waals surface area contributed by atoms with E-state index in [1.54, 1.807) is 25.7 Å². The zero-order valence-electron chi connectivity index (χ0n) is 13.3. The fraction of sp³-hybridized carbons (Fsp3) is 0.500. The van der Waals surface area contributed by atoms with Gasteiger partial charge in [-0.25, -0.2) is 4.79 Å². The van der Waals surface area contributed by atoms with Crippen LogP contribution in [0.1, 0.15) is 38.4 Å². The van der Waals surface area contributed by atoms with Crippen LogP contribution in [0.25, 0.3) is 5.57 Å². The van der Waals surface area contributed by atoms with Gasteiger partial charge >= 0.3 is 12.3 Å². The van der Waals surface area contributed by atoms with Crippen molar-refractivity contribution in [2.45, 2.75) is 39.0 Å². The standard InChI is InChI=1S/C16H19F3N2O2/c1-15(2,3)23-14(22)21-8-6-11(7-9-21)12-4-5-13(20-10-12)16(17,18)19/h4-6,10H,7-9H2,1-3H3. The summed E-state index contributed by atoms with van der Waals surface area (Å²) in [7, 11) is 0. The van der Waals surface area contributed by atoms with Crippen LogP contribution < -0.4 is 0 Å². The Kier molecular flexibility index (Phi) is 4.68. The predicted octanol–water partition coefficient (Wildman–Crippen LogP) is 4.12. The van der Waals surface area contributed by atoms with Crippen LogP contribution in [0, 0.1) is 0 Å². The van der Waals surface area contributed by atoms with Crippen molar-refractivity contribution in [3.05, 3.63) is 35.7 Å². The highest BCUT2D eigenvalue weighted by molar-refractivity contribution is 5.72. The van der Waals surface area contributed by atoms with E-state index in [-0.39, 0.29) is 0 Å². The molecule has 0 aliphatic carbocycles. The first-order valence-electron chi connectivity index (χ1n) is 7.27. The lowest BCUT2D eigenvalue weighted by atomic mass is 10.0. The van der Waals surface area contributed by atoms with Gasteiger partial charge in [-0.1, -0.05) is 12.1 Å². The molecule has 0 fully saturated rings. The molecule has 126 valence electrons. The maximum atomic E-state index is 12.5. The SMILES string of the molecule is CC(C)(C)OC(=O)N1CC=C(c2ccc(C(F)(F)F)nc2)CC1. The summed E-state index contributed by atoms with van der Waals surface area (Å²) >= 11 is 0. The first-order chi connectivity index (χ1) is 10.6. The first-order valence-corrected chi connectivity index (χ1v) is 7.27. The number of rotatable bonds is 1. The van der Waals surface area contributed by atoms with E-state index < -0.39 is 23.6 Å². The van der Waals surface area contributed by atoms with Crippen LogP contribution in [0.4, 0.5) is 18.0 Å². The van der Waals surface area contributed by atoms with Crippen LogP contribution in [0.3, 0.4) is 0 Å². The molecule has 7 heteroatoms. The van der Waals surface area contributed by atoms with E-state index in [4.69, 9.17) is 4.74 Å². The van der Waals surface area contributed by atoms with E-state index in [2.05, 4.69) is 4.98 Å². The van der Waals surface area contributed by atoms with Crippen molar-refractivity contribution >= 4 is 11.7 Å². The van der Waals surface area contributed by atoms with Crippen molar-refractivity contribution in [2.75, 3.05) is 13.1 Å². The number of pyridine rings is 1. The molecular weight excluding hydrogens is 309 g/mol. The molecule has 1 aromatic rings. The van der Waals surface area contributed by atoms with Crippen molar-refractivity contribution in [1.82, 2.24) is 9.88 Å². The molecule has 0 radical (unpaired) electrons. The molecule has 2 heterocycles. The van der Waals surface area contributed by atoms with E-state index in [9.17, 15) is 18.0 Å². The Morgan fingerprint density at radius 3 is 2.39 bits per heavy atom. The van der Waals surface area contributed by atoms with E-state index in [0.717, 1.165) is 11.6 Å². The molecule has 0 spiro atoms. The summed E-state index contributed by atoms with van der Waals surface area (Å²) in [5, 5.41) is 0. The smallest absolute Gasteiger partial charge is 0.433 e. The maximum absolute atomic E-state index is 12.5. The zero-order valence-corrected chi connectivity index (χ0v) is 13.3. The number of halogens is 3. The highest BCUT2D eigenvalue weighted by Gasteiger charge is 2.32. The third kappa shape index (κ3) is 4.71. The summed E-state index contributed by atoms with van der Waals surface area (Å²) in [6.07, 6.45) is -1.24. The average molecular weight is 328 g/mol. The lowest BCUT2D eigenvalue weighted by Gasteiger charge is -2.29. The largest absolute Gasteiger partial charge is 0.444 e. The van der Waals surface area contributed by atoms with Gasteiger partial charge in [-0.2, -0.15) is 13.2 Å². The van der Waals surface area contributed by atoms with Crippen LogP contribution >= 0.6 is 0 Å². The fourth-order valence-electron chi connectivity index (χ4n) is 2.18. The molecule has 1 amide bonds. The van der Waals surface area contributed by atoms with Crippen LogP contribution in [0.2, 0.25) is 0 Å². The third-order valence-corrected chi connectivity index (χ3v) is 3.29. The van der Waals surface area contributed by atoms with Gasteiger partial charge in [-0.3, -0.25) is 4.98 Å². The number of carbonyl (C=O) groups is 1. The minimum absolute atomic E-state index is 0.366. The molecule has 23 heavy (non-hydrogen) atoms. The van der Waals surface area contributed by atoms with Crippen LogP contribution in [0.15, 0.2) is 24.4 Å². The zero-order chi connectivity index (χ0) is 17.3. The molecule has 0 N–H and O–H groups in total. The number of nitrogens with zero attached hydrogens (tertiary/aromatic N) is 2. The van der Waals surface area contributed by atoms with Gasteiger partial charge < -0.3 is 9.64 Å². The molecule has 0 saturated heterocycles. The lowest BCUT2D eigenvalue weighted by molar-refractivity contribution is -0.141. The molecule has 4 nitrogen and oxygen atoms in total. The van der Waals surface area contributed by atoms with Gasteiger partial charge in [0.15, 0.2) is 0 Å². The van der Waals surface area contributed by atoms with Crippen LogP contribution in [-0.4, -0.2) is 34.7 Å². The Morgan fingerprint density at radius 2 is 1.96 bits per heavy atom. The Bertz CT molecular complexity index is 601. The van der Waals surface area contributed by atoms with Gasteiger partial charge in [0, 0.05) is 19.3 Å². The molecule has 2 rings (SSSR count). The van der Waals surface area contributed by atoms with E-state index in [0.29, 0.717) is 25.1 Å². The minimum atomic E-state index is -4.44. The number of hydrogen-bond acceptors (Lipinski definition) is 3. The summed E-state index contributed by atoms with van der Waals surface area (Å²) in [5.41, 5.74) is 0.0548. The van der Waals surface area contributed by atoms with E-state index >= 15 is 0 Å². The molecular formula is C16H19F3N2O2. The summed E-state index contributed by atoms with van der Waals surface area (Å²) in [4.78, 5) is 17.0. The lowest BCUT2D eigenvalue weighted by Crippen LogP contribution is -2.39. The van der Waals surface area contributed by atoms with Gasteiger partial charge in [0.1, 0.15) is 11.3 Å². The van der Waals surface area contributed by atoms with Gasteiger partial charge in [0.25, 0.3) is 0 Å². The number of ether oxygens (including phenoxy) is 1. The molecule has 0 unspecified atom stereocenters. The molecule has 0 bridgehead atoms. The summed E-state index contributed by atoms with van der Waals surface area (Å²) < 4.78 is 42.8. The summed E-state index contributed by atoms with van der Waals surface area (Å²) in [6.45, 7) is 6.21. The van der Waals surface area contributed by atoms with E-state index in [1.807, 2.05) is 6.08 Å². The Hall–Kier alpha value is -2.05. The number of aromatic nitrogens is 1. The van der Waals surface area contributed by atoms with E-state index in [1.165, 1.54) is 12.3 Å². The number of alkyl halides is 3. The normalized spacial score (nSPS) is 16.1. The van der Waals surface area contributed by atoms with Gasteiger partial charge in [-0.05, 0) is 44.4 Å². The first kappa shape index (κ1) is 17.3. The Morgan fingerprint density at radius 1 is 1.26 bits per heavy atom. The Balaban J connectivity index is 2.03. The molecule has 0 saturated carbocycles. The highest BCUT2D eigenvalue weighted by Crippen LogP contribution is 2.29. The van der Waals surface area contributed by atoms with Crippen LogP contribution in [-0.2, 0) is 10.9 Å². The second-order valence-electron chi connectivity index (χ2n) is 6.34. The number of hydrogen-bond donors (Lipinski definition) is 0. The predicted molar refractivity (Wildman–Crippen MR) is 79.6 cm³/mol. The molecule has 1 aliphatic heterocycles. The van der Waals surface area contributed by atoms with Gasteiger partial charge in [0.05, 0.1) is 0 Å². The highest BCUT2D eigenvalue weighted by atomic mass is 19.4. The molecule has 1 aromatic heterocycles. The monoisotopic (exact) mass is 328 g/mol. The molecule has 0 atom stereocenters. The van der Waals surface area contributed by atoms with Crippen molar-refractivity contribution in [3.8, 4) is 0 Å². The quantitative estimate of drug-likeness (QED) is 0.778. The topological polar surface area (TPSA) is 42.4 Å². The number of carbonyl (C=O) groups excluding carboxylic acids is 1. The summed E-state index contributed by atoms with van der Waals surface area (Å²) in [5.74, 6) is 0. The van der Waals surface area contributed by atoms with Gasteiger partial charge in [-0.15, -0.1) is 0 Å². The minimum Gasteiger partial charge on any atom is -0.444 e. The van der Waals surface area contributed by atoms with Crippen molar-refractivity contribution < 1.29 is 22.7 Å². The molecule has 0 aromatic carbocycles. The average Bonchev–Trinajstić information content (AvgIpc) is 2.45. The summed E-state index contributed by atoms with van der Waals surface area (Å²) in [6, 6.07) is 2.38. The fourth-order valence-corrected chi connectivity index (χ4v) is 2.18. The Labute approximate surface area is 133 Å². The van der Waals surface area contributed by atoms with Crippen LogP contribution in [0.5, 0.6) is 0 Å². The van der Waals surface area contributed by atoms with Crippen molar-refractivity contribution in [1.29, 1.82) is 0 Å². The second-order valence-corrected chi connectivity index (χ2v) is 6.34. The van der Waals surface area contributed by atoms with Crippen molar-refractivity contribution in [2.24, 2.45) is 0 Å². The molecule has 1 aliphatic rings. The third-order valence-electron chi connectivity index (χ3n) is 3.29.